The van der Waals surface area contributed by atoms with Crippen LogP contribution in [0.4, 0.5) is 26.3 Å². The van der Waals surface area contributed by atoms with E-state index in [2.05, 4.69) is 0 Å². The topological polar surface area (TPSA) is 57.6 Å². The monoisotopic (exact) mass is 371 g/mol. The van der Waals surface area contributed by atoms with Gasteiger partial charge in [-0.3, -0.25) is 9.59 Å². The zero-order chi connectivity index (χ0) is 19.6. The number of halogens is 6. The molecule has 0 bridgehead atoms. The number of carboxylic acids is 1. The molecular weight excluding hydrogens is 356 g/mol. The van der Waals surface area contributed by atoms with Crippen molar-refractivity contribution in [1.82, 2.24) is 4.90 Å². The minimum Gasteiger partial charge on any atom is -0.481 e. The second-order valence-corrected chi connectivity index (χ2v) is 5.53. The van der Waals surface area contributed by atoms with Gasteiger partial charge >= 0.3 is 18.3 Å². The number of nitrogens with zero attached hydrogens (tertiary/aromatic N) is 1. The van der Waals surface area contributed by atoms with Gasteiger partial charge in [-0.25, -0.2) is 0 Å². The molecule has 10 heteroatoms. The highest BCUT2D eigenvalue weighted by atomic mass is 19.4. The quantitative estimate of drug-likeness (QED) is 0.795. The third-order valence-corrected chi connectivity index (χ3v) is 3.29. The van der Waals surface area contributed by atoms with Crippen LogP contribution < -0.4 is 0 Å². The van der Waals surface area contributed by atoms with Crippen molar-refractivity contribution in [2.75, 3.05) is 6.54 Å². The van der Waals surface area contributed by atoms with Gasteiger partial charge in [-0.1, -0.05) is 0 Å². The van der Waals surface area contributed by atoms with Crippen LogP contribution in [0.2, 0.25) is 0 Å². The molecule has 0 atom stereocenters. The van der Waals surface area contributed by atoms with Gasteiger partial charge < -0.3 is 10.0 Å². The number of carboxylic acid groups (broad SMARTS) is 1. The highest BCUT2D eigenvalue weighted by molar-refractivity contribution is 5.95. The first-order chi connectivity index (χ1) is 11.2. The van der Waals surface area contributed by atoms with Crippen LogP contribution in [-0.4, -0.2) is 34.5 Å². The van der Waals surface area contributed by atoms with E-state index in [0.717, 1.165) is 4.90 Å². The van der Waals surface area contributed by atoms with Crippen LogP contribution in [-0.2, 0) is 17.1 Å². The minimum absolute atomic E-state index is 0.0757. The number of carbonyl (C=O) groups excluding carboxylic acids is 1. The molecule has 0 spiro atoms. The number of rotatable bonds is 5. The van der Waals surface area contributed by atoms with Gasteiger partial charge in [-0.15, -0.1) is 0 Å². The lowest BCUT2D eigenvalue weighted by molar-refractivity contribution is -0.143. The molecule has 0 aromatic heterocycles. The van der Waals surface area contributed by atoms with Gasteiger partial charge in [-0.05, 0) is 32.0 Å². The Morgan fingerprint density at radius 1 is 1.00 bits per heavy atom. The Morgan fingerprint density at radius 3 is 1.76 bits per heavy atom. The summed E-state index contributed by atoms with van der Waals surface area (Å²) in [5, 5.41) is 8.66. The van der Waals surface area contributed by atoms with Crippen molar-refractivity contribution in [2.45, 2.75) is 38.7 Å². The third kappa shape index (κ3) is 5.64. The molecule has 1 amide bonds. The van der Waals surface area contributed by atoms with Gasteiger partial charge in [0.25, 0.3) is 5.91 Å². The largest absolute Gasteiger partial charge is 0.481 e. The number of alkyl halides is 6. The van der Waals surface area contributed by atoms with E-state index in [1.54, 1.807) is 0 Å². The summed E-state index contributed by atoms with van der Waals surface area (Å²) in [6, 6.07) is -0.0365. The SMILES string of the molecule is CC(C)N(CCC(=O)O)C(=O)c1cc(C(F)(F)F)cc(C(F)(F)F)c1. The van der Waals surface area contributed by atoms with Crippen LogP contribution in [0.15, 0.2) is 18.2 Å². The lowest BCUT2D eigenvalue weighted by Gasteiger charge is -2.27. The molecule has 0 saturated heterocycles. The van der Waals surface area contributed by atoms with Gasteiger partial charge in [0.05, 0.1) is 17.5 Å². The Balaban J connectivity index is 3.37. The molecule has 25 heavy (non-hydrogen) atoms. The minimum atomic E-state index is -5.07. The zero-order valence-corrected chi connectivity index (χ0v) is 13.2. The van der Waals surface area contributed by atoms with E-state index in [4.69, 9.17) is 5.11 Å². The maximum absolute atomic E-state index is 12.8. The predicted molar refractivity (Wildman–Crippen MR) is 74.9 cm³/mol. The molecule has 1 rings (SSSR count). The van der Waals surface area contributed by atoms with Crippen molar-refractivity contribution in [1.29, 1.82) is 0 Å². The van der Waals surface area contributed by atoms with Gasteiger partial charge in [0.2, 0.25) is 0 Å². The van der Waals surface area contributed by atoms with E-state index in [0.29, 0.717) is 12.1 Å². The summed E-state index contributed by atoms with van der Waals surface area (Å²) in [5.74, 6) is -2.36. The molecule has 0 saturated carbocycles. The van der Waals surface area contributed by atoms with Crippen LogP contribution in [0.1, 0.15) is 41.8 Å². The lowest BCUT2D eigenvalue weighted by Crippen LogP contribution is -2.38. The van der Waals surface area contributed by atoms with Crippen LogP contribution in [0.25, 0.3) is 0 Å². The van der Waals surface area contributed by atoms with Gasteiger partial charge in [0.15, 0.2) is 0 Å². The van der Waals surface area contributed by atoms with E-state index in [1.807, 2.05) is 0 Å². The van der Waals surface area contributed by atoms with Crippen molar-refractivity contribution in [2.24, 2.45) is 0 Å². The number of amides is 1. The Labute approximate surface area is 139 Å². The number of benzene rings is 1. The average molecular weight is 371 g/mol. The summed E-state index contributed by atoms with van der Waals surface area (Å²) in [7, 11) is 0. The third-order valence-electron chi connectivity index (χ3n) is 3.29. The first kappa shape index (κ1) is 20.8. The number of carbonyl (C=O) groups is 2. The fourth-order valence-corrected chi connectivity index (χ4v) is 2.05. The van der Waals surface area contributed by atoms with Crippen LogP contribution in [0, 0.1) is 0 Å². The van der Waals surface area contributed by atoms with Gasteiger partial charge in [0.1, 0.15) is 0 Å². The molecule has 0 radical (unpaired) electrons. The molecule has 1 aromatic rings. The molecule has 0 fully saturated rings. The zero-order valence-electron chi connectivity index (χ0n) is 13.2. The van der Waals surface area contributed by atoms with Gasteiger partial charge in [-0.2, -0.15) is 26.3 Å². The molecular formula is C15H15F6NO3. The molecule has 140 valence electrons. The number of hydrogen-bond donors (Lipinski definition) is 1. The summed E-state index contributed by atoms with van der Waals surface area (Å²) >= 11 is 0. The molecule has 0 unspecified atom stereocenters. The first-order valence-electron chi connectivity index (χ1n) is 7.05. The number of aliphatic carboxylic acids is 1. The smallest absolute Gasteiger partial charge is 0.416 e. The maximum atomic E-state index is 12.8. The standard InChI is InChI=1S/C15H15F6NO3/c1-8(2)22(4-3-12(23)24)13(25)9-5-10(14(16,17)18)7-11(6-9)15(19,20)21/h5-8H,3-4H2,1-2H3,(H,23,24). The van der Waals surface area contributed by atoms with Crippen molar-refractivity contribution in [3.63, 3.8) is 0 Å². The van der Waals surface area contributed by atoms with E-state index in [1.165, 1.54) is 13.8 Å². The first-order valence-corrected chi connectivity index (χ1v) is 7.05. The van der Waals surface area contributed by atoms with Crippen LogP contribution in [0.3, 0.4) is 0 Å². The molecule has 0 aliphatic heterocycles. The van der Waals surface area contributed by atoms with Crippen molar-refractivity contribution >= 4 is 11.9 Å². The molecule has 1 N–H and O–H groups in total. The summed E-state index contributed by atoms with van der Waals surface area (Å²) in [6.07, 6.45) is -10.6. The molecule has 0 aliphatic rings. The Morgan fingerprint density at radius 2 is 1.44 bits per heavy atom. The fourth-order valence-electron chi connectivity index (χ4n) is 2.05. The second-order valence-electron chi connectivity index (χ2n) is 5.53. The second kappa shape index (κ2) is 7.32. The highest BCUT2D eigenvalue weighted by Crippen LogP contribution is 2.36. The van der Waals surface area contributed by atoms with Crippen molar-refractivity contribution < 1.29 is 41.0 Å². The predicted octanol–water partition coefficient (Wildman–Crippen LogP) is 4.05. The van der Waals surface area contributed by atoms with E-state index < -0.39 is 53.4 Å². The van der Waals surface area contributed by atoms with E-state index >= 15 is 0 Å². The van der Waals surface area contributed by atoms with Crippen molar-refractivity contribution in [3.05, 3.63) is 34.9 Å². The van der Waals surface area contributed by atoms with Crippen LogP contribution in [0.5, 0.6) is 0 Å². The van der Waals surface area contributed by atoms with Crippen molar-refractivity contribution in [3.8, 4) is 0 Å². The maximum Gasteiger partial charge on any atom is 0.416 e. The summed E-state index contributed by atoms with van der Waals surface area (Å²) in [5.41, 5.74) is -4.01. The number of hydrogen-bond acceptors (Lipinski definition) is 2. The Bertz CT molecular complexity index is 619. The summed E-state index contributed by atoms with van der Waals surface area (Å²) in [6.45, 7) is 2.60. The highest BCUT2D eigenvalue weighted by Gasteiger charge is 2.38. The van der Waals surface area contributed by atoms with E-state index in [-0.39, 0.29) is 12.6 Å². The molecule has 4 nitrogen and oxygen atoms in total. The van der Waals surface area contributed by atoms with E-state index in [9.17, 15) is 35.9 Å². The molecule has 1 aromatic carbocycles. The fraction of sp³-hybridized carbons (Fsp3) is 0.467. The van der Waals surface area contributed by atoms with Crippen LogP contribution >= 0.6 is 0 Å². The molecule has 0 heterocycles. The summed E-state index contributed by atoms with van der Waals surface area (Å²) < 4.78 is 77.1. The lowest BCUT2D eigenvalue weighted by atomic mass is 10.0. The van der Waals surface area contributed by atoms with Gasteiger partial charge in [0, 0.05) is 18.2 Å². The Kier molecular flexibility index (Phi) is 6.09. The summed E-state index contributed by atoms with van der Waals surface area (Å²) in [4.78, 5) is 23.9. The molecule has 0 aliphatic carbocycles. The normalized spacial score (nSPS) is 12.4. The Hall–Kier alpha value is -2.26. The average Bonchev–Trinajstić information content (AvgIpc) is 2.44.